The number of carbonyl (C=O) groups is 2. The van der Waals surface area contributed by atoms with E-state index in [4.69, 9.17) is 5.11 Å². The average molecular weight is 279 g/mol. The molecular formula is C9H17N3O5S. The van der Waals surface area contributed by atoms with Crippen molar-refractivity contribution in [1.82, 2.24) is 15.4 Å². The first-order valence-corrected chi connectivity index (χ1v) is 7.13. The van der Waals surface area contributed by atoms with Crippen LogP contribution in [0.15, 0.2) is 0 Å². The summed E-state index contributed by atoms with van der Waals surface area (Å²) in [4.78, 5) is 22.1. The number of aliphatic carboxylic acids is 1. The second-order valence-electron chi connectivity index (χ2n) is 4.22. The van der Waals surface area contributed by atoms with Gasteiger partial charge in [0.1, 0.15) is 0 Å². The highest BCUT2D eigenvalue weighted by Gasteiger charge is 2.50. The predicted octanol–water partition coefficient (Wildman–Crippen LogP) is -1.30. The van der Waals surface area contributed by atoms with Crippen LogP contribution in [0.4, 0.5) is 4.79 Å². The molecule has 9 heteroatoms. The van der Waals surface area contributed by atoms with Gasteiger partial charge in [0.05, 0.1) is 11.2 Å². The van der Waals surface area contributed by atoms with Crippen molar-refractivity contribution in [3.05, 3.63) is 0 Å². The highest BCUT2D eigenvalue weighted by molar-refractivity contribution is 7.89. The van der Waals surface area contributed by atoms with E-state index in [0.29, 0.717) is 12.8 Å². The topological polar surface area (TPSA) is 125 Å². The summed E-state index contributed by atoms with van der Waals surface area (Å²) in [7, 11) is -2.06. The molecule has 0 aliphatic heterocycles. The molecule has 1 aliphatic rings. The molecule has 0 spiro atoms. The van der Waals surface area contributed by atoms with Crippen LogP contribution < -0.4 is 15.4 Å². The van der Waals surface area contributed by atoms with Gasteiger partial charge < -0.3 is 15.7 Å². The van der Waals surface area contributed by atoms with Crippen LogP contribution in [0.2, 0.25) is 0 Å². The van der Waals surface area contributed by atoms with E-state index >= 15 is 0 Å². The molecule has 0 aromatic heterocycles. The molecule has 18 heavy (non-hydrogen) atoms. The van der Waals surface area contributed by atoms with Crippen LogP contribution in [-0.4, -0.2) is 51.4 Å². The van der Waals surface area contributed by atoms with E-state index in [1.165, 1.54) is 7.05 Å². The number of amides is 2. The van der Waals surface area contributed by atoms with Gasteiger partial charge in [-0.05, 0) is 19.9 Å². The first kappa shape index (κ1) is 14.7. The van der Waals surface area contributed by atoms with E-state index in [2.05, 4.69) is 15.4 Å². The van der Waals surface area contributed by atoms with E-state index < -0.39 is 27.4 Å². The van der Waals surface area contributed by atoms with E-state index in [1.807, 2.05) is 0 Å². The average Bonchev–Trinajstić information content (AvgIpc) is 3.07. The van der Waals surface area contributed by atoms with E-state index in [1.54, 1.807) is 0 Å². The molecule has 0 unspecified atom stereocenters. The van der Waals surface area contributed by atoms with Gasteiger partial charge in [-0.3, -0.25) is 4.79 Å². The number of hydrogen-bond donors (Lipinski definition) is 4. The molecule has 2 amide bonds. The molecule has 8 nitrogen and oxygen atoms in total. The molecular weight excluding hydrogens is 262 g/mol. The van der Waals surface area contributed by atoms with Crippen LogP contribution in [0.1, 0.15) is 12.8 Å². The molecule has 1 fully saturated rings. The molecule has 0 aromatic rings. The van der Waals surface area contributed by atoms with E-state index in [9.17, 15) is 18.0 Å². The van der Waals surface area contributed by atoms with Crippen LogP contribution in [0.25, 0.3) is 0 Å². The molecule has 104 valence electrons. The Labute approximate surface area is 105 Å². The monoisotopic (exact) mass is 279 g/mol. The molecule has 0 aromatic carbocycles. The van der Waals surface area contributed by atoms with Crippen molar-refractivity contribution in [2.75, 3.05) is 25.9 Å². The van der Waals surface area contributed by atoms with Crippen molar-refractivity contribution in [1.29, 1.82) is 0 Å². The minimum atomic E-state index is -3.35. The maximum Gasteiger partial charge on any atom is 0.314 e. The third-order valence-corrected chi connectivity index (χ3v) is 4.23. The number of carboxylic acids is 1. The summed E-state index contributed by atoms with van der Waals surface area (Å²) in [6.07, 6.45) is 1.10. The minimum absolute atomic E-state index is 0.0327. The molecule has 0 saturated heterocycles. The second-order valence-corrected chi connectivity index (χ2v) is 6.26. The number of nitrogens with one attached hydrogen (secondary N) is 3. The Hall–Kier alpha value is -1.35. The third kappa shape index (κ3) is 4.15. The smallest absolute Gasteiger partial charge is 0.314 e. The van der Waals surface area contributed by atoms with Gasteiger partial charge in [0.15, 0.2) is 0 Å². The molecule has 1 rings (SSSR count). The van der Waals surface area contributed by atoms with Crippen molar-refractivity contribution in [2.45, 2.75) is 12.8 Å². The Bertz CT molecular complexity index is 429. The highest BCUT2D eigenvalue weighted by atomic mass is 32.2. The Morgan fingerprint density at radius 3 is 2.33 bits per heavy atom. The summed E-state index contributed by atoms with van der Waals surface area (Å²) >= 11 is 0. The lowest BCUT2D eigenvalue weighted by Gasteiger charge is -2.11. The molecule has 1 saturated carbocycles. The van der Waals surface area contributed by atoms with Crippen molar-refractivity contribution in [3.63, 3.8) is 0 Å². The normalized spacial score (nSPS) is 16.9. The summed E-state index contributed by atoms with van der Waals surface area (Å²) in [5, 5.41) is 13.6. The van der Waals surface area contributed by atoms with Crippen molar-refractivity contribution in [3.8, 4) is 0 Å². The standard InChI is InChI=1S/C9H17N3O5S/c1-10-18(16,17)5-4-11-8(15)12-6-9(2-3-9)7(13)14/h10H,2-6H2,1H3,(H,13,14)(H2,11,12,15). The summed E-state index contributed by atoms with van der Waals surface area (Å²) < 4.78 is 24.2. The fourth-order valence-electron chi connectivity index (χ4n) is 1.33. The number of hydrogen-bond acceptors (Lipinski definition) is 4. The van der Waals surface area contributed by atoms with Crippen molar-refractivity contribution >= 4 is 22.0 Å². The quantitative estimate of drug-likeness (QED) is 0.461. The van der Waals surface area contributed by atoms with Gasteiger partial charge >= 0.3 is 12.0 Å². The van der Waals surface area contributed by atoms with Crippen molar-refractivity contribution in [2.24, 2.45) is 5.41 Å². The number of sulfonamides is 1. The fourth-order valence-corrected chi connectivity index (χ4v) is 1.91. The summed E-state index contributed by atoms with van der Waals surface area (Å²) in [6.45, 7) is 0.0298. The first-order valence-electron chi connectivity index (χ1n) is 5.48. The Balaban J connectivity index is 2.21. The number of rotatable bonds is 7. The fraction of sp³-hybridized carbons (Fsp3) is 0.778. The maximum atomic E-state index is 11.3. The van der Waals surface area contributed by atoms with Gasteiger partial charge in [-0.15, -0.1) is 0 Å². The lowest BCUT2D eigenvalue weighted by molar-refractivity contribution is -0.143. The van der Waals surface area contributed by atoms with Gasteiger partial charge in [-0.25, -0.2) is 17.9 Å². The predicted molar refractivity (Wildman–Crippen MR) is 63.6 cm³/mol. The largest absolute Gasteiger partial charge is 0.481 e. The van der Waals surface area contributed by atoms with Crippen LogP contribution in [0.5, 0.6) is 0 Å². The first-order chi connectivity index (χ1) is 8.31. The van der Waals surface area contributed by atoms with Gasteiger partial charge in [-0.1, -0.05) is 0 Å². The molecule has 4 N–H and O–H groups in total. The number of carboxylic acid groups (broad SMARTS) is 1. The molecule has 0 atom stereocenters. The number of urea groups is 1. The minimum Gasteiger partial charge on any atom is -0.481 e. The molecule has 1 aliphatic carbocycles. The summed E-state index contributed by atoms with van der Waals surface area (Å²) in [6, 6.07) is -0.561. The summed E-state index contributed by atoms with van der Waals surface area (Å²) in [5.74, 6) is -1.14. The van der Waals surface area contributed by atoms with Gasteiger partial charge in [-0.2, -0.15) is 0 Å². The lowest BCUT2D eigenvalue weighted by Crippen LogP contribution is -2.42. The van der Waals surface area contributed by atoms with Crippen LogP contribution in [0, 0.1) is 5.41 Å². The van der Waals surface area contributed by atoms with Gasteiger partial charge in [0.25, 0.3) is 0 Å². The Morgan fingerprint density at radius 2 is 1.89 bits per heavy atom. The molecule has 0 heterocycles. The molecule has 0 radical (unpaired) electrons. The third-order valence-electron chi connectivity index (χ3n) is 2.86. The van der Waals surface area contributed by atoms with Gasteiger partial charge in [0.2, 0.25) is 10.0 Å². The zero-order valence-electron chi connectivity index (χ0n) is 10.0. The van der Waals surface area contributed by atoms with Crippen LogP contribution in [-0.2, 0) is 14.8 Å². The van der Waals surface area contributed by atoms with E-state index in [-0.39, 0.29) is 18.8 Å². The Morgan fingerprint density at radius 1 is 1.28 bits per heavy atom. The zero-order valence-corrected chi connectivity index (χ0v) is 10.8. The zero-order chi connectivity index (χ0) is 13.8. The Kier molecular flexibility index (Phi) is 4.52. The maximum absolute atomic E-state index is 11.3. The SMILES string of the molecule is CNS(=O)(=O)CCNC(=O)NCC1(C(=O)O)CC1. The van der Waals surface area contributed by atoms with E-state index in [0.717, 1.165) is 0 Å². The van der Waals surface area contributed by atoms with Crippen LogP contribution in [0.3, 0.4) is 0 Å². The van der Waals surface area contributed by atoms with Crippen molar-refractivity contribution < 1.29 is 23.1 Å². The van der Waals surface area contributed by atoms with Crippen LogP contribution >= 0.6 is 0 Å². The second kappa shape index (κ2) is 5.53. The highest BCUT2D eigenvalue weighted by Crippen LogP contribution is 2.45. The lowest BCUT2D eigenvalue weighted by atomic mass is 10.1. The summed E-state index contributed by atoms with van der Waals surface area (Å²) in [5.41, 5.74) is -0.825. The number of carbonyl (C=O) groups excluding carboxylic acids is 1. The van der Waals surface area contributed by atoms with Gasteiger partial charge in [0, 0.05) is 13.1 Å². The molecule has 0 bridgehead atoms.